The predicted octanol–water partition coefficient (Wildman–Crippen LogP) is 3.12. The van der Waals surface area contributed by atoms with Crippen molar-refractivity contribution in [1.29, 1.82) is 0 Å². The van der Waals surface area contributed by atoms with Crippen molar-refractivity contribution in [3.8, 4) is 12.1 Å². The summed E-state index contributed by atoms with van der Waals surface area (Å²) in [6, 6.07) is 6.55. The Labute approximate surface area is 101 Å². The molecular formula is C12H14NO3P. The second-order valence-electron chi connectivity index (χ2n) is 3.34. The number of terminal acetylenes is 1. The summed E-state index contributed by atoms with van der Waals surface area (Å²) in [5, 5.41) is 2.66. The largest absolute Gasteiger partial charge is 0.367 e. The average molecular weight is 251 g/mol. The molecule has 0 aliphatic carbocycles. The molecule has 17 heavy (non-hydrogen) atoms. The lowest BCUT2D eigenvalue weighted by atomic mass is 10.1. The van der Waals surface area contributed by atoms with Crippen LogP contribution in [-0.4, -0.2) is 12.4 Å². The van der Waals surface area contributed by atoms with Crippen molar-refractivity contribution in [3.63, 3.8) is 0 Å². The summed E-state index contributed by atoms with van der Waals surface area (Å²) in [5.74, 6) is -0.0264. The van der Waals surface area contributed by atoms with E-state index in [2.05, 4.69) is 10.7 Å². The molecule has 5 heteroatoms. The van der Waals surface area contributed by atoms with Crippen LogP contribution in [0.5, 0.6) is 0 Å². The zero-order valence-corrected chi connectivity index (χ0v) is 10.7. The van der Waals surface area contributed by atoms with Crippen molar-refractivity contribution in [2.24, 2.45) is 0 Å². The van der Waals surface area contributed by atoms with Crippen molar-refractivity contribution in [2.75, 3.05) is 11.7 Å². The quantitative estimate of drug-likeness (QED) is 0.496. The number of ketones is 1. The second kappa shape index (κ2) is 5.67. The number of anilines is 1. The molecule has 1 rings (SSSR count). The van der Waals surface area contributed by atoms with Gasteiger partial charge in [-0.2, -0.15) is 0 Å². The summed E-state index contributed by atoms with van der Waals surface area (Å²) in [4.78, 5) is 11.1. The molecule has 1 aromatic carbocycles. The summed E-state index contributed by atoms with van der Waals surface area (Å²) in [6.07, 6.45) is 5.16. The molecule has 0 amide bonds. The molecule has 0 saturated carbocycles. The molecule has 0 radical (unpaired) electrons. The molecule has 1 aromatic rings. The summed E-state index contributed by atoms with van der Waals surface area (Å²) in [5.41, 5.74) is 3.27. The average Bonchev–Trinajstić information content (AvgIpc) is 2.30. The van der Waals surface area contributed by atoms with Crippen LogP contribution in [0.2, 0.25) is 0 Å². The Balaban J connectivity index is 2.86. The first-order chi connectivity index (χ1) is 8.00. The van der Waals surface area contributed by atoms with Gasteiger partial charge in [-0.25, -0.2) is 0 Å². The Morgan fingerprint density at radius 2 is 2.06 bits per heavy atom. The van der Waals surface area contributed by atoms with Crippen molar-refractivity contribution >= 4 is 19.0 Å². The molecule has 0 spiro atoms. The summed E-state index contributed by atoms with van der Waals surface area (Å²) >= 11 is 0. The Morgan fingerprint density at radius 1 is 1.47 bits per heavy atom. The first-order valence-corrected chi connectivity index (χ1v) is 6.75. The molecule has 0 aromatic heterocycles. The molecule has 0 fully saturated rings. The lowest BCUT2D eigenvalue weighted by molar-refractivity contribution is 0.101. The summed E-state index contributed by atoms with van der Waals surface area (Å²) in [6.45, 7) is 3.46. The van der Waals surface area contributed by atoms with E-state index in [1.165, 1.54) is 6.92 Å². The predicted molar refractivity (Wildman–Crippen MR) is 68.1 cm³/mol. The molecule has 1 N–H and O–H groups in total. The Bertz CT molecular complexity index is 487. The third-order valence-corrected chi connectivity index (χ3v) is 3.56. The van der Waals surface area contributed by atoms with Crippen LogP contribution in [0.25, 0.3) is 0 Å². The highest BCUT2D eigenvalue weighted by molar-refractivity contribution is 7.65. The topological polar surface area (TPSA) is 55.4 Å². The number of carbonyl (C=O) groups excluding carboxylic acids is 1. The number of rotatable bonds is 5. The third kappa shape index (κ3) is 3.74. The van der Waals surface area contributed by atoms with Gasteiger partial charge < -0.3 is 9.61 Å². The van der Waals surface area contributed by atoms with Gasteiger partial charge in [0, 0.05) is 16.9 Å². The summed E-state index contributed by atoms with van der Waals surface area (Å²) in [7, 11) is -3.27. The number of carbonyl (C=O) groups is 1. The van der Waals surface area contributed by atoms with Crippen LogP contribution in [0, 0.1) is 12.1 Å². The second-order valence-corrected chi connectivity index (χ2v) is 5.19. The van der Waals surface area contributed by atoms with E-state index in [1.807, 2.05) is 0 Å². The molecule has 1 unspecified atom stereocenters. The fourth-order valence-corrected chi connectivity index (χ4v) is 2.29. The first kappa shape index (κ1) is 13.5. The highest BCUT2D eigenvalue weighted by Gasteiger charge is 2.18. The van der Waals surface area contributed by atoms with Gasteiger partial charge in [-0.05, 0) is 38.1 Å². The number of hydrogen-bond donors (Lipinski definition) is 1. The van der Waals surface area contributed by atoms with E-state index in [9.17, 15) is 9.36 Å². The lowest BCUT2D eigenvalue weighted by Crippen LogP contribution is -2.00. The van der Waals surface area contributed by atoms with Gasteiger partial charge >= 0.3 is 7.52 Å². The van der Waals surface area contributed by atoms with Crippen molar-refractivity contribution in [2.45, 2.75) is 13.8 Å². The van der Waals surface area contributed by atoms with Crippen LogP contribution in [0.4, 0.5) is 5.69 Å². The molecule has 4 nitrogen and oxygen atoms in total. The van der Waals surface area contributed by atoms with Crippen molar-refractivity contribution in [1.82, 2.24) is 0 Å². The first-order valence-electron chi connectivity index (χ1n) is 5.12. The van der Waals surface area contributed by atoms with Gasteiger partial charge in [-0.3, -0.25) is 9.36 Å². The number of nitrogens with one attached hydrogen (secondary N) is 1. The molecule has 0 saturated heterocycles. The van der Waals surface area contributed by atoms with E-state index in [0.29, 0.717) is 11.3 Å². The van der Waals surface area contributed by atoms with Gasteiger partial charge in [0.15, 0.2) is 5.78 Å². The highest BCUT2D eigenvalue weighted by Crippen LogP contribution is 2.45. The smallest absolute Gasteiger partial charge is 0.306 e. The van der Waals surface area contributed by atoms with Gasteiger partial charge in [0.05, 0.1) is 6.61 Å². The maximum atomic E-state index is 11.9. The number of benzene rings is 1. The summed E-state index contributed by atoms with van der Waals surface area (Å²) < 4.78 is 16.9. The van der Waals surface area contributed by atoms with Gasteiger partial charge in [0.2, 0.25) is 0 Å². The van der Waals surface area contributed by atoms with Crippen LogP contribution in [-0.2, 0) is 9.09 Å². The third-order valence-electron chi connectivity index (χ3n) is 2.05. The van der Waals surface area contributed by atoms with Gasteiger partial charge in [0.25, 0.3) is 0 Å². The maximum absolute atomic E-state index is 11.9. The SMILES string of the molecule is C#CP(=O)(Nc1ccc(C(C)=O)cc1)OCC. The monoisotopic (exact) mass is 251 g/mol. The molecule has 0 aliphatic rings. The minimum Gasteiger partial charge on any atom is -0.306 e. The van der Waals surface area contributed by atoms with Gasteiger partial charge in [-0.15, -0.1) is 6.42 Å². The van der Waals surface area contributed by atoms with E-state index in [4.69, 9.17) is 10.9 Å². The molecule has 90 valence electrons. The van der Waals surface area contributed by atoms with E-state index < -0.39 is 7.52 Å². The van der Waals surface area contributed by atoms with Crippen LogP contribution in [0.1, 0.15) is 24.2 Å². The highest BCUT2D eigenvalue weighted by atomic mass is 31.2. The zero-order chi connectivity index (χ0) is 12.9. The van der Waals surface area contributed by atoms with Crippen LogP contribution in [0.3, 0.4) is 0 Å². The van der Waals surface area contributed by atoms with Gasteiger partial charge in [0.1, 0.15) is 0 Å². The minimum absolute atomic E-state index is 0.0264. The Kier molecular flexibility index (Phi) is 4.51. The fourth-order valence-electron chi connectivity index (χ4n) is 1.23. The van der Waals surface area contributed by atoms with E-state index >= 15 is 0 Å². The van der Waals surface area contributed by atoms with Crippen molar-refractivity contribution in [3.05, 3.63) is 29.8 Å². The van der Waals surface area contributed by atoms with E-state index in [1.54, 1.807) is 31.2 Å². The van der Waals surface area contributed by atoms with Crippen molar-refractivity contribution < 1.29 is 13.9 Å². The zero-order valence-electron chi connectivity index (χ0n) is 9.77. The number of hydrogen-bond acceptors (Lipinski definition) is 3. The van der Waals surface area contributed by atoms with Crippen LogP contribution >= 0.6 is 7.52 Å². The molecule has 0 heterocycles. The molecular weight excluding hydrogens is 237 g/mol. The Morgan fingerprint density at radius 3 is 2.47 bits per heavy atom. The van der Waals surface area contributed by atoms with E-state index in [0.717, 1.165) is 0 Å². The maximum Gasteiger partial charge on any atom is 0.367 e. The molecule has 1 atom stereocenters. The normalized spacial score (nSPS) is 13.5. The minimum atomic E-state index is -3.27. The van der Waals surface area contributed by atoms with Crippen LogP contribution < -0.4 is 5.09 Å². The standard InChI is InChI=1S/C12H14NO3P/c1-4-16-17(15,5-2)13-12-8-6-11(7-9-12)10(3)14/h2,6-9H,4H2,1,3H3,(H,13,15). The van der Waals surface area contributed by atoms with E-state index in [-0.39, 0.29) is 12.4 Å². The number of Topliss-reactive ketones (excluding diaryl/α,β-unsaturated/α-hetero) is 1. The Hall–Kier alpha value is -1.56. The molecule has 0 aliphatic heterocycles. The molecule has 0 bridgehead atoms. The fraction of sp³-hybridized carbons (Fsp3) is 0.250. The van der Waals surface area contributed by atoms with Gasteiger partial charge in [-0.1, -0.05) is 0 Å². The van der Waals surface area contributed by atoms with Crippen LogP contribution in [0.15, 0.2) is 24.3 Å². The lowest BCUT2D eigenvalue weighted by Gasteiger charge is -2.14.